The first-order valence-electron chi connectivity index (χ1n) is 10.2. The van der Waals surface area contributed by atoms with Gasteiger partial charge >= 0.3 is 5.69 Å². The molecule has 4 aromatic rings. The predicted octanol–water partition coefficient (Wildman–Crippen LogP) is 2.94. The van der Waals surface area contributed by atoms with Gasteiger partial charge in [-0.05, 0) is 30.3 Å². The maximum absolute atomic E-state index is 13.1. The van der Waals surface area contributed by atoms with Crippen LogP contribution in [0.25, 0.3) is 11.0 Å². The summed E-state index contributed by atoms with van der Waals surface area (Å²) in [4.78, 5) is 29.6. The van der Waals surface area contributed by atoms with Gasteiger partial charge in [-0.15, -0.1) is 0 Å². The number of carbonyl (C=O) groups excluding carboxylic acids is 1. The summed E-state index contributed by atoms with van der Waals surface area (Å²) >= 11 is 0. The molecule has 0 radical (unpaired) electrons. The first kappa shape index (κ1) is 23.7. The molecule has 0 fully saturated rings. The lowest BCUT2D eigenvalue weighted by molar-refractivity contribution is 0.102. The van der Waals surface area contributed by atoms with Crippen molar-refractivity contribution < 1.29 is 27.4 Å². The van der Waals surface area contributed by atoms with Crippen molar-refractivity contribution in [1.82, 2.24) is 9.97 Å². The zero-order valence-corrected chi connectivity index (χ0v) is 19.8. The summed E-state index contributed by atoms with van der Waals surface area (Å²) in [5.74, 6) is 0.480. The van der Waals surface area contributed by atoms with Crippen LogP contribution in [0, 0.1) is 0 Å². The number of benzene rings is 3. The minimum absolute atomic E-state index is 0.0695. The molecule has 0 bridgehead atoms. The van der Waals surface area contributed by atoms with E-state index in [9.17, 15) is 18.0 Å². The molecule has 0 saturated carbocycles. The van der Waals surface area contributed by atoms with Crippen molar-refractivity contribution in [3.63, 3.8) is 0 Å². The van der Waals surface area contributed by atoms with E-state index in [1.807, 2.05) is 0 Å². The van der Waals surface area contributed by atoms with Gasteiger partial charge in [0.2, 0.25) is 5.75 Å². The summed E-state index contributed by atoms with van der Waals surface area (Å²) in [6.45, 7) is 0. The van der Waals surface area contributed by atoms with Gasteiger partial charge in [-0.1, -0.05) is 12.1 Å². The minimum Gasteiger partial charge on any atom is -0.493 e. The molecule has 0 aliphatic heterocycles. The van der Waals surface area contributed by atoms with Gasteiger partial charge in [-0.3, -0.25) is 9.52 Å². The number of ether oxygens (including phenoxy) is 3. The Morgan fingerprint density at radius 2 is 1.51 bits per heavy atom. The van der Waals surface area contributed by atoms with Gasteiger partial charge in [0.1, 0.15) is 0 Å². The molecule has 1 amide bonds. The fourth-order valence-corrected chi connectivity index (χ4v) is 4.61. The molecule has 35 heavy (non-hydrogen) atoms. The molecule has 3 aromatic carbocycles. The van der Waals surface area contributed by atoms with Crippen molar-refractivity contribution in [2.75, 3.05) is 31.4 Å². The van der Waals surface area contributed by atoms with E-state index in [0.29, 0.717) is 34.0 Å². The van der Waals surface area contributed by atoms with Crippen LogP contribution in [0.15, 0.2) is 64.3 Å². The van der Waals surface area contributed by atoms with E-state index >= 15 is 0 Å². The van der Waals surface area contributed by atoms with Crippen molar-refractivity contribution in [1.29, 1.82) is 0 Å². The highest BCUT2D eigenvalue weighted by molar-refractivity contribution is 7.92. The second-order valence-corrected chi connectivity index (χ2v) is 8.99. The molecule has 11 nitrogen and oxygen atoms in total. The Morgan fingerprint density at radius 1 is 0.857 bits per heavy atom. The quantitative estimate of drug-likeness (QED) is 0.291. The number of fused-ring (bicyclic) bond motifs is 1. The molecule has 182 valence electrons. The van der Waals surface area contributed by atoms with E-state index in [0.717, 1.165) is 0 Å². The van der Waals surface area contributed by atoms with Crippen molar-refractivity contribution in [2.45, 2.75) is 4.90 Å². The lowest BCUT2D eigenvalue weighted by atomic mass is 10.1. The molecular weight excluding hydrogens is 476 g/mol. The maximum Gasteiger partial charge on any atom is 0.323 e. The third kappa shape index (κ3) is 4.77. The van der Waals surface area contributed by atoms with Crippen LogP contribution in [0.4, 0.5) is 11.4 Å². The average molecular weight is 499 g/mol. The van der Waals surface area contributed by atoms with Crippen LogP contribution in [0.2, 0.25) is 0 Å². The SMILES string of the molecule is COc1cc(NC(=O)c2ccccc2NS(=O)(=O)c2ccc3[nH]c(=O)[nH]c3c2)cc(OC)c1OC. The Kier molecular flexibility index (Phi) is 6.38. The highest BCUT2D eigenvalue weighted by atomic mass is 32.2. The zero-order valence-electron chi connectivity index (χ0n) is 19.0. The number of imidazole rings is 1. The normalized spacial score (nSPS) is 11.2. The van der Waals surface area contributed by atoms with Gasteiger partial charge in [0.25, 0.3) is 15.9 Å². The lowest BCUT2D eigenvalue weighted by Gasteiger charge is -2.16. The summed E-state index contributed by atoms with van der Waals surface area (Å²) in [6.07, 6.45) is 0. The van der Waals surface area contributed by atoms with Crippen LogP contribution in [0.1, 0.15) is 10.4 Å². The van der Waals surface area contributed by atoms with Crippen LogP contribution >= 0.6 is 0 Å². The largest absolute Gasteiger partial charge is 0.493 e. The molecule has 4 N–H and O–H groups in total. The Morgan fingerprint density at radius 3 is 2.17 bits per heavy atom. The summed E-state index contributed by atoms with van der Waals surface area (Å²) < 4.78 is 44.4. The number of carbonyl (C=O) groups is 1. The lowest BCUT2D eigenvalue weighted by Crippen LogP contribution is -2.18. The van der Waals surface area contributed by atoms with Crippen LogP contribution in [0.3, 0.4) is 0 Å². The Labute approximate surface area is 200 Å². The number of aromatic amines is 2. The maximum atomic E-state index is 13.1. The number of hydrogen-bond donors (Lipinski definition) is 4. The highest BCUT2D eigenvalue weighted by Gasteiger charge is 2.21. The monoisotopic (exact) mass is 498 g/mol. The molecule has 0 aliphatic rings. The van der Waals surface area contributed by atoms with Gasteiger partial charge in [-0.2, -0.15) is 0 Å². The van der Waals surface area contributed by atoms with Gasteiger partial charge < -0.3 is 29.5 Å². The molecule has 0 saturated heterocycles. The molecule has 0 atom stereocenters. The Hall–Kier alpha value is -4.45. The van der Waals surface area contributed by atoms with Gasteiger partial charge in [0.05, 0.1) is 48.5 Å². The van der Waals surface area contributed by atoms with Crippen LogP contribution in [0.5, 0.6) is 17.2 Å². The molecule has 4 rings (SSSR count). The third-order valence-corrected chi connectivity index (χ3v) is 6.50. The van der Waals surface area contributed by atoms with Gasteiger partial charge in [-0.25, -0.2) is 13.2 Å². The van der Waals surface area contributed by atoms with Crippen molar-refractivity contribution >= 4 is 38.3 Å². The molecule has 1 heterocycles. The Bertz CT molecular complexity index is 1550. The Balaban J connectivity index is 1.63. The molecule has 0 aliphatic carbocycles. The van der Waals surface area contributed by atoms with E-state index in [1.165, 1.54) is 51.7 Å². The first-order valence-corrected chi connectivity index (χ1v) is 11.7. The number of amides is 1. The van der Waals surface area contributed by atoms with E-state index in [-0.39, 0.29) is 16.1 Å². The van der Waals surface area contributed by atoms with Crippen LogP contribution < -0.4 is 29.9 Å². The number of sulfonamides is 1. The second-order valence-electron chi connectivity index (χ2n) is 7.31. The fraction of sp³-hybridized carbons (Fsp3) is 0.130. The van der Waals surface area contributed by atoms with Gasteiger partial charge in [0, 0.05) is 17.8 Å². The molecule has 0 unspecified atom stereocenters. The van der Waals surface area contributed by atoms with Crippen molar-refractivity contribution in [2.24, 2.45) is 0 Å². The number of H-pyrrole nitrogens is 2. The summed E-state index contributed by atoms with van der Waals surface area (Å²) in [5.41, 5.74) is 0.867. The standard InChI is InChI=1S/C23H22N4O7S/c1-32-19-10-13(11-20(33-2)21(19)34-3)24-22(28)15-6-4-5-7-16(15)27-35(30,31)14-8-9-17-18(12-14)26-23(29)25-17/h4-12,27H,1-3H3,(H,24,28)(H2,25,26,29). The minimum atomic E-state index is -4.08. The van der Waals surface area contributed by atoms with E-state index in [1.54, 1.807) is 24.3 Å². The van der Waals surface area contributed by atoms with Crippen LogP contribution in [-0.2, 0) is 10.0 Å². The summed E-state index contributed by atoms with van der Waals surface area (Å²) in [6, 6.07) is 13.4. The number of methoxy groups -OCH3 is 3. The van der Waals surface area contributed by atoms with E-state index in [2.05, 4.69) is 20.0 Å². The molecule has 0 spiro atoms. The number of nitrogens with one attached hydrogen (secondary N) is 4. The topological polar surface area (TPSA) is 152 Å². The third-order valence-electron chi connectivity index (χ3n) is 5.14. The summed E-state index contributed by atoms with van der Waals surface area (Å²) in [7, 11) is 0.291. The number of aromatic nitrogens is 2. The van der Waals surface area contributed by atoms with Crippen molar-refractivity contribution in [3.05, 3.63) is 70.6 Å². The van der Waals surface area contributed by atoms with E-state index in [4.69, 9.17) is 14.2 Å². The highest BCUT2D eigenvalue weighted by Crippen LogP contribution is 2.40. The summed E-state index contributed by atoms with van der Waals surface area (Å²) in [5, 5.41) is 2.72. The molecule has 12 heteroatoms. The van der Waals surface area contributed by atoms with E-state index < -0.39 is 21.6 Å². The number of hydrogen-bond acceptors (Lipinski definition) is 7. The number of anilines is 2. The number of rotatable bonds is 8. The second kappa shape index (κ2) is 9.43. The van der Waals surface area contributed by atoms with Crippen LogP contribution in [-0.4, -0.2) is 45.6 Å². The molecule has 1 aromatic heterocycles. The predicted molar refractivity (Wildman–Crippen MR) is 130 cm³/mol. The smallest absolute Gasteiger partial charge is 0.323 e. The first-order chi connectivity index (χ1) is 16.7. The van der Waals surface area contributed by atoms with Gasteiger partial charge in [0.15, 0.2) is 11.5 Å². The average Bonchev–Trinajstić information content (AvgIpc) is 3.22. The van der Waals surface area contributed by atoms with Crippen molar-refractivity contribution in [3.8, 4) is 17.2 Å². The fourth-order valence-electron chi connectivity index (χ4n) is 3.50. The molecular formula is C23H22N4O7S. The number of para-hydroxylation sites is 1. The zero-order chi connectivity index (χ0) is 25.2.